The zero-order valence-electron chi connectivity index (χ0n) is 16.4. The Morgan fingerprint density at radius 1 is 1.26 bits per heavy atom. The zero-order chi connectivity index (χ0) is 20.1. The topological polar surface area (TPSA) is 90.1 Å². The first-order valence-electron chi connectivity index (χ1n) is 9.19. The Kier molecular flexibility index (Phi) is 6.90. The fourth-order valence-corrected chi connectivity index (χ4v) is 3.80. The molecule has 0 fully saturated rings. The molecule has 0 aliphatic carbocycles. The maximum atomic E-state index is 12.7. The lowest BCUT2D eigenvalue weighted by Gasteiger charge is -2.11. The Labute approximate surface area is 162 Å². The van der Waals surface area contributed by atoms with Crippen LogP contribution >= 0.6 is 11.3 Å². The Hall–Kier alpha value is -2.48. The molecule has 0 saturated heterocycles. The number of rotatable bonds is 5. The van der Waals surface area contributed by atoms with Crippen LogP contribution in [0.4, 0.5) is 11.4 Å². The number of anilines is 1. The van der Waals surface area contributed by atoms with Gasteiger partial charge in [0, 0.05) is 30.2 Å². The first-order valence-corrected chi connectivity index (χ1v) is 10.0. The van der Waals surface area contributed by atoms with E-state index in [1.807, 2.05) is 13.8 Å². The summed E-state index contributed by atoms with van der Waals surface area (Å²) in [5, 5.41) is 14.9. The lowest BCUT2D eigenvalue weighted by Crippen LogP contribution is -2.22. The van der Waals surface area contributed by atoms with Crippen molar-refractivity contribution in [1.82, 2.24) is 9.55 Å². The van der Waals surface area contributed by atoms with E-state index in [1.54, 1.807) is 17.7 Å². The quantitative estimate of drug-likeness (QED) is 0.469. The second kappa shape index (κ2) is 8.94. The minimum absolute atomic E-state index is 0.00325. The molecule has 0 aliphatic rings. The summed E-state index contributed by atoms with van der Waals surface area (Å²) in [5.74, 6) is 0. The number of fused-ring (bicyclic) bond motifs is 3. The van der Waals surface area contributed by atoms with Gasteiger partial charge in [-0.1, -0.05) is 33.6 Å². The molecule has 1 unspecified atom stereocenters. The number of nitro benzene ring substituents is 1. The Morgan fingerprint density at radius 3 is 2.44 bits per heavy atom. The van der Waals surface area contributed by atoms with Crippen LogP contribution in [0.5, 0.6) is 0 Å². The van der Waals surface area contributed by atoms with Crippen molar-refractivity contribution >= 4 is 43.0 Å². The highest BCUT2D eigenvalue weighted by molar-refractivity contribution is 7.26. The number of nitrogens with zero attached hydrogens (tertiary/aromatic N) is 3. The van der Waals surface area contributed by atoms with E-state index in [0.717, 1.165) is 23.4 Å². The summed E-state index contributed by atoms with van der Waals surface area (Å²) in [4.78, 5) is 28.0. The van der Waals surface area contributed by atoms with Gasteiger partial charge in [0.15, 0.2) is 0 Å². The molecule has 0 saturated carbocycles. The van der Waals surface area contributed by atoms with Crippen LogP contribution in [0.1, 0.15) is 53.0 Å². The standard InChI is InChI=1S/C15H16N4O3S.C4H10/c1-4-8(2)18-7-17-12-11-9(16-3)5-6-10(19(21)22)13(11)23-14(12)15(18)20;1-3-4-2/h5-8,16H,4H2,1-3H3;3-4H2,1-2H3. The molecule has 7 nitrogen and oxygen atoms in total. The first kappa shape index (κ1) is 20.8. The van der Waals surface area contributed by atoms with Gasteiger partial charge in [0.25, 0.3) is 11.2 Å². The minimum Gasteiger partial charge on any atom is -0.388 e. The zero-order valence-corrected chi connectivity index (χ0v) is 17.2. The number of nitrogens with one attached hydrogen (secondary N) is 1. The molecule has 0 bridgehead atoms. The Morgan fingerprint density at radius 2 is 1.93 bits per heavy atom. The molecule has 1 N–H and O–H groups in total. The van der Waals surface area contributed by atoms with E-state index in [4.69, 9.17) is 0 Å². The number of hydrogen-bond acceptors (Lipinski definition) is 6. The van der Waals surface area contributed by atoms with Crippen molar-refractivity contribution in [2.24, 2.45) is 0 Å². The average Bonchev–Trinajstić information content (AvgIpc) is 3.07. The summed E-state index contributed by atoms with van der Waals surface area (Å²) in [6.07, 6.45) is 4.98. The number of unbranched alkanes of at least 4 members (excludes halogenated alkanes) is 1. The van der Waals surface area contributed by atoms with Crippen molar-refractivity contribution < 1.29 is 4.92 Å². The summed E-state index contributed by atoms with van der Waals surface area (Å²) in [6, 6.07) is 3.13. The van der Waals surface area contributed by atoms with Gasteiger partial charge in [-0.15, -0.1) is 11.3 Å². The molecule has 2 heterocycles. The highest BCUT2D eigenvalue weighted by Gasteiger charge is 2.22. The molecule has 1 atom stereocenters. The van der Waals surface area contributed by atoms with Crippen LogP contribution in [-0.2, 0) is 0 Å². The molecule has 3 aromatic rings. The van der Waals surface area contributed by atoms with Crippen LogP contribution in [0.25, 0.3) is 20.3 Å². The lowest BCUT2D eigenvalue weighted by atomic mass is 10.1. The van der Waals surface area contributed by atoms with E-state index in [0.29, 0.717) is 20.3 Å². The number of nitro groups is 1. The van der Waals surface area contributed by atoms with Gasteiger partial charge >= 0.3 is 0 Å². The summed E-state index contributed by atoms with van der Waals surface area (Å²) in [6.45, 7) is 8.31. The fraction of sp³-hybridized carbons (Fsp3) is 0.474. The van der Waals surface area contributed by atoms with E-state index >= 15 is 0 Å². The fourth-order valence-electron chi connectivity index (χ4n) is 2.59. The third-order valence-electron chi connectivity index (χ3n) is 4.56. The third kappa shape index (κ3) is 3.95. The molecule has 3 rings (SSSR count). The van der Waals surface area contributed by atoms with E-state index < -0.39 is 4.92 Å². The molecular formula is C19H26N4O3S. The monoisotopic (exact) mass is 390 g/mol. The van der Waals surface area contributed by atoms with Crippen LogP contribution in [0.15, 0.2) is 23.3 Å². The highest BCUT2D eigenvalue weighted by atomic mass is 32.1. The number of hydrogen-bond donors (Lipinski definition) is 1. The lowest BCUT2D eigenvalue weighted by molar-refractivity contribution is -0.382. The van der Waals surface area contributed by atoms with Crippen LogP contribution in [0, 0.1) is 10.1 Å². The van der Waals surface area contributed by atoms with Crippen molar-refractivity contribution in [2.75, 3.05) is 12.4 Å². The molecule has 146 valence electrons. The second-order valence-corrected chi connectivity index (χ2v) is 7.36. The van der Waals surface area contributed by atoms with Crippen LogP contribution in [-0.4, -0.2) is 21.5 Å². The van der Waals surface area contributed by atoms with Gasteiger partial charge in [0.1, 0.15) is 9.40 Å². The molecule has 0 radical (unpaired) electrons. The summed E-state index contributed by atoms with van der Waals surface area (Å²) in [5.41, 5.74) is 1.09. The smallest absolute Gasteiger partial charge is 0.287 e. The normalized spacial score (nSPS) is 11.9. The SMILES string of the molecule is CCC(C)n1cnc2c(sc3c([N+](=O)[O-])ccc(NC)c32)c1=O.CCCC. The van der Waals surface area contributed by atoms with Crippen molar-refractivity contribution in [3.8, 4) is 0 Å². The average molecular weight is 391 g/mol. The second-order valence-electron chi connectivity index (χ2n) is 6.34. The highest BCUT2D eigenvalue weighted by Crippen LogP contribution is 2.41. The summed E-state index contributed by atoms with van der Waals surface area (Å²) < 4.78 is 2.51. The van der Waals surface area contributed by atoms with Gasteiger partial charge in [-0.05, 0) is 19.4 Å². The summed E-state index contributed by atoms with van der Waals surface area (Å²) >= 11 is 1.14. The largest absolute Gasteiger partial charge is 0.388 e. The molecular weight excluding hydrogens is 364 g/mol. The Balaban J connectivity index is 0.000000596. The Bertz CT molecular complexity index is 1010. The van der Waals surface area contributed by atoms with Crippen molar-refractivity contribution in [3.63, 3.8) is 0 Å². The van der Waals surface area contributed by atoms with Crippen molar-refractivity contribution in [2.45, 2.75) is 53.0 Å². The molecule has 0 spiro atoms. The van der Waals surface area contributed by atoms with Gasteiger partial charge in [-0.2, -0.15) is 0 Å². The molecule has 1 aromatic carbocycles. The predicted octanol–water partition coefficient (Wildman–Crippen LogP) is 5.34. The number of non-ortho nitro benzene ring substituents is 1. The third-order valence-corrected chi connectivity index (χ3v) is 5.75. The molecule has 0 amide bonds. The van der Waals surface area contributed by atoms with Gasteiger partial charge in [0.2, 0.25) is 0 Å². The van der Waals surface area contributed by atoms with E-state index in [2.05, 4.69) is 24.1 Å². The number of thiophene rings is 1. The molecule has 0 aliphatic heterocycles. The predicted molar refractivity (Wildman–Crippen MR) is 113 cm³/mol. The molecule has 8 heteroatoms. The maximum Gasteiger partial charge on any atom is 0.287 e. The van der Waals surface area contributed by atoms with E-state index in [9.17, 15) is 14.9 Å². The van der Waals surface area contributed by atoms with Crippen molar-refractivity contribution in [1.29, 1.82) is 0 Å². The van der Waals surface area contributed by atoms with E-state index in [1.165, 1.54) is 25.2 Å². The summed E-state index contributed by atoms with van der Waals surface area (Å²) in [7, 11) is 1.74. The number of benzene rings is 1. The van der Waals surface area contributed by atoms with Crippen LogP contribution in [0.2, 0.25) is 0 Å². The number of aromatic nitrogens is 2. The first-order chi connectivity index (χ1) is 12.9. The van der Waals surface area contributed by atoms with Gasteiger partial charge in [-0.25, -0.2) is 4.98 Å². The van der Waals surface area contributed by atoms with E-state index in [-0.39, 0.29) is 17.3 Å². The van der Waals surface area contributed by atoms with Gasteiger partial charge < -0.3 is 5.32 Å². The van der Waals surface area contributed by atoms with Crippen molar-refractivity contribution in [3.05, 3.63) is 38.9 Å². The van der Waals surface area contributed by atoms with Crippen LogP contribution in [0.3, 0.4) is 0 Å². The molecule has 27 heavy (non-hydrogen) atoms. The van der Waals surface area contributed by atoms with Gasteiger partial charge in [0.05, 0.1) is 16.8 Å². The van der Waals surface area contributed by atoms with Crippen LogP contribution < -0.4 is 10.9 Å². The molecule has 2 aromatic heterocycles. The minimum atomic E-state index is -0.426. The van der Waals surface area contributed by atoms with Gasteiger partial charge in [-0.3, -0.25) is 19.5 Å². The maximum absolute atomic E-state index is 12.7.